The molecule has 0 fully saturated rings. The first-order valence-electron chi connectivity index (χ1n) is 4.89. The molecule has 1 aromatic heterocycles. The van der Waals surface area contributed by atoms with E-state index in [2.05, 4.69) is 59.6 Å². The van der Waals surface area contributed by atoms with Crippen LogP contribution >= 0.6 is 15.9 Å². The summed E-state index contributed by atoms with van der Waals surface area (Å²) in [6.07, 6.45) is 1.08. The van der Waals surface area contributed by atoms with Crippen molar-refractivity contribution in [3.8, 4) is 0 Å². The van der Waals surface area contributed by atoms with E-state index in [4.69, 9.17) is 0 Å². The fraction of sp³-hybridized carbons (Fsp3) is 0.333. The highest BCUT2D eigenvalue weighted by Crippen LogP contribution is 2.30. The van der Waals surface area contributed by atoms with Crippen LogP contribution in [-0.4, -0.2) is 4.57 Å². The van der Waals surface area contributed by atoms with Gasteiger partial charge in [0.25, 0.3) is 0 Å². The van der Waals surface area contributed by atoms with Crippen LogP contribution < -0.4 is 0 Å². The molecule has 0 amide bonds. The molecule has 0 aliphatic carbocycles. The molecule has 0 N–H and O–H groups in total. The highest BCUT2D eigenvalue weighted by atomic mass is 79.9. The average Bonchev–Trinajstić information content (AvgIpc) is 2.44. The molecule has 14 heavy (non-hydrogen) atoms. The van der Waals surface area contributed by atoms with Crippen molar-refractivity contribution in [3.05, 3.63) is 33.9 Å². The molecular weight excluding hydrogens is 238 g/mol. The van der Waals surface area contributed by atoms with Gasteiger partial charge in [0.15, 0.2) is 0 Å². The summed E-state index contributed by atoms with van der Waals surface area (Å²) in [5, 5.41) is 1.36. The van der Waals surface area contributed by atoms with Crippen molar-refractivity contribution in [2.24, 2.45) is 7.05 Å². The molecule has 0 spiro atoms. The van der Waals surface area contributed by atoms with E-state index in [-0.39, 0.29) is 0 Å². The lowest BCUT2D eigenvalue weighted by molar-refractivity contribution is 0.923. The topological polar surface area (TPSA) is 4.93 Å². The molecule has 74 valence electrons. The predicted octanol–water partition coefficient (Wildman–Crippen LogP) is 3.81. The minimum Gasteiger partial charge on any atom is -0.338 e. The van der Waals surface area contributed by atoms with E-state index in [0.717, 1.165) is 6.42 Å². The van der Waals surface area contributed by atoms with Crippen molar-refractivity contribution in [2.45, 2.75) is 20.3 Å². The predicted molar refractivity (Wildman–Crippen MR) is 64.7 cm³/mol. The maximum atomic E-state index is 3.62. The number of nitrogens with zero attached hydrogens (tertiary/aromatic N) is 1. The van der Waals surface area contributed by atoms with Crippen molar-refractivity contribution in [1.29, 1.82) is 0 Å². The third-order valence-electron chi connectivity index (χ3n) is 2.84. The van der Waals surface area contributed by atoms with Crippen LogP contribution in [0, 0.1) is 6.92 Å². The molecule has 0 atom stereocenters. The van der Waals surface area contributed by atoms with Gasteiger partial charge in [0.05, 0.1) is 10.1 Å². The first kappa shape index (κ1) is 9.78. The first-order valence-corrected chi connectivity index (χ1v) is 5.68. The van der Waals surface area contributed by atoms with Crippen LogP contribution in [0.25, 0.3) is 10.9 Å². The Balaban J connectivity index is 2.94. The molecule has 0 aliphatic heterocycles. The minimum absolute atomic E-state index is 1.08. The highest BCUT2D eigenvalue weighted by molar-refractivity contribution is 9.10. The summed E-state index contributed by atoms with van der Waals surface area (Å²) in [5.74, 6) is 0. The number of hydrogen-bond acceptors (Lipinski definition) is 0. The van der Waals surface area contributed by atoms with E-state index in [9.17, 15) is 0 Å². The molecule has 0 saturated heterocycles. The summed E-state index contributed by atoms with van der Waals surface area (Å²) < 4.78 is 3.41. The molecular formula is C12H14BrN. The molecule has 1 nitrogen and oxygen atoms in total. The highest BCUT2D eigenvalue weighted by Gasteiger charge is 2.11. The summed E-state index contributed by atoms with van der Waals surface area (Å²) >= 11 is 3.62. The smallest absolute Gasteiger partial charge is 0.0884 e. The second-order valence-corrected chi connectivity index (χ2v) is 4.39. The van der Waals surface area contributed by atoms with Crippen LogP contribution in [0.2, 0.25) is 0 Å². The van der Waals surface area contributed by atoms with Gasteiger partial charge in [-0.2, -0.15) is 0 Å². The second kappa shape index (κ2) is 3.43. The number of aryl methyl sites for hydroxylation is 3. The zero-order valence-corrected chi connectivity index (χ0v) is 10.4. The van der Waals surface area contributed by atoms with Crippen molar-refractivity contribution in [1.82, 2.24) is 4.57 Å². The molecule has 0 bridgehead atoms. The van der Waals surface area contributed by atoms with Gasteiger partial charge in [0.2, 0.25) is 0 Å². The maximum Gasteiger partial charge on any atom is 0.0884 e. The van der Waals surface area contributed by atoms with Crippen LogP contribution in [-0.2, 0) is 13.5 Å². The van der Waals surface area contributed by atoms with Gasteiger partial charge < -0.3 is 4.57 Å². The van der Waals surface area contributed by atoms with Crippen LogP contribution in [0.15, 0.2) is 22.8 Å². The number of benzene rings is 1. The van der Waals surface area contributed by atoms with Crippen LogP contribution in [0.3, 0.4) is 0 Å². The molecule has 2 rings (SSSR count). The van der Waals surface area contributed by atoms with Crippen molar-refractivity contribution < 1.29 is 0 Å². The Hall–Kier alpha value is -0.760. The third-order valence-corrected chi connectivity index (χ3v) is 3.97. The lowest BCUT2D eigenvalue weighted by Crippen LogP contribution is -1.91. The fourth-order valence-electron chi connectivity index (χ4n) is 2.04. The van der Waals surface area contributed by atoms with Gasteiger partial charge in [-0.05, 0) is 40.4 Å². The first-order chi connectivity index (χ1) is 6.66. The number of rotatable bonds is 1. The van der Waals surface area contributed by atoms with E-state index in [0.29, 0.717) is 0 Å². The largest absolute Gasteiger partial charge is 0.338 e. The summed E-state index contributed by atoms with van der Waals surface area (Å²) in [4.78, 5) is 0. The molecule has 1 heterocycles. The Labute approximate surface area is 92.9 Å². The van der Waals surface area contributed by atoms with Gasteiger partial charge >= 0.3 is 0 Å². The number of hydrogen-bond donors (Lipinski definition) is 0. The number of fused-ring (bicyclic) bond motifs is 1. The van der Waals surface area contributed by atoms with Gasteiger partial charge in [0, 0.05) is 12.4 Å². The average molecular weight is 252 g/mol. The van der Waals surface area contributed by atoms with E-state index in [1.807, 2.05) is 0 Å². The maximum absolute atomic E-state index is 3.62. The van der Waals surface area contributed by atoms with Crippen molar-refractivity contribution in [3.63, 3.8) is 0 Å². The lowest BCUT2D eigenvalue weighted by Gasteiger charge is -2.03. The van der Waals surface area contributed by atoms with Gasteiger partial charge in [-0.15, -0.1) is 0 Å². The molecule has 2 aromatic rings. The van der Waals surface area contributed by atoms with Gasteiger partial charge in [-0.1, -0.05) is 25.1 Å². The summed E-state index contributed by atoms with van der Waals surface area (Å²) in [5.41, 5.74) is 4.11. The molecule has 1 aromatic carbocycles. The number of aromatic nitrogens is 1. The van der Waals surface area contributed by atoms with Crippen molar-refractivity contribution in [2.75, 3.05) is 0 Å². The molecule has 0 aliphatic rings. The van der Waals surface area contributed by atoms with Crippen LogP contribution in [0.1, 0.15) is 18.1 Å². The fourth-order valence-corrected chi connectivity index (χ4v) is 2.43. The Morgan fingerprint density at radius 2 is 2.07 bits per heavy atom. The van der Waals surface area contributed by atoms with Crippen molar-refractivity contribution >= 4 is 26.8 Å². The summed E-state index contributed by atoms with van der Waals surface area (Å²) in [7, 11) is 2.11. The summed E-state index contributed by atoms with van der Waals surface area (Å²) in [6, 6.07) is 6.53. The van der Waals surface area contributed by atoms with Crippen LogP contribution in [0.5, 0.6) is 0 Å². The second-order valence-electron chi connectivity index (χ2n) is 3.64. The monoisotopic (exact) mass is 251 g/mol. The Morgan fingerprint density at radius 1 is 1.36 bits per heavy atom. The zero-order valence-electron chi connectivity index (χ0n) is 8.76. The van der Waals surface area contributed by atoms with E-state index in [1.165, 1.54) is 26.6 Å². The Bertz CT molecular complexity index is 483. The molecule has 0 unspecified atom stereocenters. The molecule has 0 saturated carbocycles. The Kier molecular flexibility index (Phi) is 2.40. The lowest BCUT2D eigenvalue weighted by atomic mass is 10.1. The van der Waals surface area contributed by atoms with E-state index in [1.54, 1.807) is 0 Å². The normalized spacial score (nSPS) is 11.1. The Morgan fingerprint density at radius 3 is 2.71 bits per heavy atom. The summed E-state index contributed by atoms with van der Waals surface area (Å²) in [6.45, 7) is 4.36. The van der Waals surface area contributed by atoms with Gasteiger partial charge in [-0.3, -0.25) is 0 Å². The standard InChI is InChI=1S/C12H14BrN/c1-4-9-6-5-7-10-8(2)12(13)14(3)11(9)10/h5-7H,4H2,1-3H3. The minimum atomic E-state index is 1.08. The third kappa shape index (κ3) is 1.21. The molecule has 2 heteroatoms. The SMILES string of the molecule is CCc1cccc2c(C)c(Br)n(C)c12. The van der Waals surface area contributed by atoms with Crippen LogP contribution in [0.4, 0.5) is 0 Å². The van der Waals surface area contributed by atoms with E-state index >= 15 is 0 Å². The van der Waals surface area contributed by atoms with Gasteiger partial charge in [-0.25, -0.2) is 0 Å². The number of halogens is 1. The van der Waals surface area contributed by atoms with Gasteiger partial charge in [0.1, 0.15) is 0 Å². The number of para-hydroxylation sites is 1. The van der Waals surface area contributed by atoms with E-state index < -0.39 is 0 Å². The molecule has 0 radical (unpaired) electrons. The zero-order chi connectivity index (χ0) is 10.3. The quantitative estimate of drug-likeness (QED) is 0.727.